The van der Waals surface area contributed by atoms with Gasteiger partial charge >= 0.3 is 5.97 Å². The summed E-state index contributed by atoms with van der Waals surface area (Å²) in [6, 6.07) is 11.1. The molecule has 0 aromatic heterocycles. The van der Waals surface area contributed by atoms with Crippen LogP contribution in [0.3, 0.4) is 0 Å². The van der Waals surface area contributed by atoms with Crippen molar-refractivity contribution in [2.24, 2.45) is 0 Å². The first-order chi connectivity index (χ1) is 12.8. The number of phenols is 2. The second-order valence-electron chi connectivity index (χ2n) is 6.98. The quantitative estimate of drug-likeness (QED) is 0.438. The maximum Gasteiger partial charge on any atom is 0.328 e. The molecule has 1 aliphatic carbocycles. The average molecular weight is 371 g/mol. The molecule has 0 fully saturated rings. The number of aromatic hydroxyl groups is 2. The van der Waals surface area contributed by atoms with Crippen LogP contribution in [0, 0.1) is 0 Å². The van der Waals surface area contributed by atoms with E-state index in [1.165, 1.54) is 19.2 Å². The maximum atomic E-state index is 12.9. The number of carbonyl (C=O) groups is 2. The van der Waals surface area contributed by atoms with Gasteiger partial charge in [-0.15, -0.1) is 0 Å². The van der Waals surface area contributed by atoms with E-state index in [0.717, 1.165) is 11.1 Å². The Balaban J connectivity index is 1.75. The van der Waals surface area contributed by atoms with E-state index in [4.69, 9.17) is 4.74 Å². The van der Waals surface area contributed by atoms with Gasteiger partial charge in [0.15, 0.2) is 17.0 Å². The molecule has 142 valence electrons. The molecule has 0 bridgehead atoms. The lowest BCUT2D eigenvalue weighted by molar-refractivity contribution is -0.455. The zero-order chi connectivity index (χ0) is 19.6. The van der Waals surface area contributed by atoms with Crippen molar-refractivity contribution in [2.45, 2.75) is 30.8 Å². The second kappa shape index (κ2) is 7.28. The summed E-state index contributed by atoms with van der Waals surface area (Å²) in [6.07, 6.45) is 1.13. The first-order valence-electron chi connectivity index (χ1n) is 8.64. The van der Waals surface area contributed by atoms with Crippen molar-refractivity contribution in [3.05, 3.63) is 59.2 Å². The number of benzene rings is 2. The number of phenolic OH excluding ortho intramolecular Hbond substituents is 2. The van der Waals surface area contributed by atoms with Gasteiger partial charge in [-0.1, -0.05) is 30.3 Å². The smallest absolute Gasteiger partial charge is 0.328 e. The molecule has 2 aromatic carbocycles. The van der Waals surface area contributed by atoms with E-state index in [9.17, 15) is 19.8 Å². The highest BCUT2D eigenvalue weighted by Gasteiger charge is 2.45. The van der Waals surface area contributed by atoms with Crippen molar-refractivity contribution in [3.63, 3.8) is 0 Å². The highest BCUT2D eigenvalue weighted by molar-refractivity contribution is 5.90. The molecule has 0 radical (unpaired) electrons. The lowest BCUT2D eigenvalue weighted by atomic mass is 9.95. The third kappa shape index (κ3) is 3.88. The number of esters is 1. The minimum Gasteiger partial charge on any atom is -0.504 e. The molecule has 1 aliphatic rings. The summed E-state index contributed by atoms with van der Waals surface area (Å²) in [7, 11) is 1.25. The van der Waals surface area contributed by atoms with E-state index in [1.807, 2.05) is 24.3 Å². The third-order valence-electron chi connectivity index (χ3n) is 4.93. The van der Waals surface area contributed by atoms with Crippen LogP contribution in [-0.2, 0) is 33.6 Å². The van der Waals surface area contributed by atoms with Crippen molar-refractivity contribution >= 4 is 11.9 Å². The Kier molecular flexibility index (Phi) is 5.05. The zero-order valence-corrected chi connectivity index (χ0v) is 15.1. The molecule has 0 saturated carbocycles. The summed E-state index contributed by atoms with van der Waals surface area (Å²) in [5, 5.41) is 21.8. The summed E-state index contributed by atoms with van der Waals surface area (Å²) in [5.74, 6) is -1.45. The van der Waals surface area contributed by atoms with E-state index in [0.29, 0.717) is 18.4 Å². The van der Waals surface area contributed by atoms with Crippen LogP contribution in [0.4, 0.5) is 0 Å². The van der Waals surface area contributed by atoms with Crippen molar-refractivity contribution in [2.75, 3.05) is 7.11 Å². The maximum absolute atomic E-state index is 12.9. The van der Waals surface area contributed by atoms with Crippen LogP contribution >= 0.6 is 0 Å². The molecule has 27 heavy (non-hydrogen) atoms. The molecule has 1 amide bonds. The lowest BCUT2D eigenvalue weighted by Gasteiger charge is -2.23. The fraction of sp³-hybridized carbons (Fsp3) is 0.300. The number of rotatable bonds is 5. The normalized spacial score (nSPS) is 15.6. The molecule has 0 unspecified atom stereocenters. The van der Waals surface area contributed by atoms with Gasteiger partial charge in [0.05, 0.1) is 7.11 Å². The summed E-state index contributed by atoms with van der Waals surface area (Å²) < 4.78 is 4.81. The molecule has 3 rings (SSSR count). The number of hydrogen-bond acceptors (Lipinski definition) is 5. The number of nitrogens with one attached hydrogen (secondary N) is 1. The first-order valence-corrected chi connectivity index (χ1v) is 8.64. The van der Waals surface area contributed by atoms with Gasteiger partial charge < -0.3 is 26.0 Å². The monoisotopic (exact) mass is 371 g/mol. The number of ether oxygens (including phenoxy) is 1. The Morgan fingerprint density at radius 3 is 2.33 bits per heavy atom. The van der Waals surface area contributed by atoms with Gasteiger partial charge in [0.1, 0.15) is 6.04 Å². The van der Waals surface area contributed by atoms with Gasteiger partial charge in [-0.3, -0.25) is 4.79 Å². The number of methoxy groups -OCH3 is 1. The number of carbonyl (C=O) groups excluding carboxylic acids is 2. The molecule has 0 saturated heterocycles. The van der Waals surface area contributed by atoms with Crippen molar-refractivity contribution in [1.82, 2.24) is 5.32 Å². The molecule has 7 heteroatoms. The van der Waals surface area contributed by atoms with Crippen molar-refractivity contribution in [3.8, 4) is 11.5 Å². The molecule has 6 N–H and O–H groups in total. The molecular weight excluding hydrogens is 348 g/mol. The fourth-order valence-corrected chi connectivity index (χ4v) is 3.43. The standard InChI is InChI=1S/C20H22N2O5/c1-27-18(25)15(8-12-6-7-16(23)17(24)9-12)22-19(26)20(21)10-13-4-2-3-5-14(13)11-20/h2-7,9,15,23-24H,8,10-11,21H2,1H3,(H,22,26)/p+1/t15-/m0/s1. The SMILES string of the molecule is COC(=O)[C@H](Cc1ccc(O)c(O)c1)NC(=O)C1([NH3+])Cc2ccccc2C1. The molecular formula is C20H23N2O5+. The molecule has 2 aromatic rings. The van der Waals surface area contributed by atoms with E-state index in [-0.39, 0.29) is 23.8 Å². The van der Waals surface area contributed by atoms with Gasteiger partial charge in [-0.05, 0) is 28.8 Å². The number of fused-ring (bicyclic) bond motifs is 1. The summed E-state index contributed by atoms with van der Waals surface area (Å²) >= 11 is 0. The second-order valence-corrected chi connectivity index (χ2v) is 6.98. The number of quaternary nitrogens is 1. The average Bonchev–Trinajstić information content (AvgIpc) is 3.01. The Bertz CT molecular complexity index is 855. The van der Waals surface area contributed by atoms with Crippen LogP contribution in [0.15, 0.2) is 42.5 Å². The van der Waals surface area contributed by atoms with E-state index in [2.05, 4.69) is 11.1 Å². The Morgan fingerprint density at radius 2 is 1.78 bits per heavy atom. The lowest BCUT2D eigenvalue weighted by Crippen LogP contribution is -2.80. The van der Waals surface area contributed by atoms with Gasteiger partial charge in [0.2, 0.25) is 0 Å². The predicted octanol–water partition coefficient (Wildman–Crippen LogP) is 0.0776. The van der Waals surface area contributed by atoms with Crippen LogP contribution in [-0.4, -0.2) is 40.8 Å². The predicted molar refractivity (Wildman–Crippen MR) is 96.9 cm³/mol. The van der Waals surface area contributed by atoms with E-state index < -0.39 is 17.6 Å². The Morgan fingerprint density at radius 1 is 1.15 bits per heavy atom. The van der Waals surface area contributed by atoms with Gasteiger partial charge in [0.25, 0.3) is 5.91 Å². The largest absolute Gasteiger partial charge is 0.504 e. The van der Waals surface area contributed by atoms with Crippen LogP contribution in [0.5, 0.6) is 11.5 Å². The number of hydrogen-bond donors (Lipinski definition) is 4. The van der Waals surface area contributed by atoms with Gasteiger partial charge in [-0.25, -0.2) is 4.79 Å². The minimum absolute atomic E-state index is 0.120. The van der Waals surface area contributed by atoms with E-state index in [1.54, 1.807) is 6.07 Å². The highest BCUT2D eigenvalue weighted by atomic mass is 16.5. The van der Waals surface area contributed by atoms with Crippen molar-refractivity contribution < 1.29 is 30.3 Å². The zero-order valence-electron chi connectivity index (χ0n) is 15.1. The van der Waals surface area contributed by atoms with E-state index >= 15 is 0 Å². The molecule has 1 atom stereocenters. The molecule has 0 aliphatic heterocycles. The Hall–Kier alpha value is -3.06. The van der Waals surface area contributed by atoms with Crippen LogP contribution in [0.1, 0.15) is 16.7 Å². The first kappa shape index (κ1) is 18.7. The summed E-state index contributed by atoms with van der Waals surface area (Å²) in [5.41, 5.74) is 5.98. The van der Waals surface area contributed by atoms with Gasteiger partial charge in [0, 0.05) is 19.3 Å². The highest BCUT2D eigenvalue weighted by Crippen LogP contribution is 2.28. The number of amides is 1. The van der Waals surface area contributed by atoms with Crippen molar-refractivity contribution in [1.29, 1.82) is 0 Å². The summed E-state index contributed by atoms with van der Waals surface area (Å²) in [6.45, 7) is 0. The minimum atomic E-state index is -0.922. The van der Waals surface area contributed by atoms with Gasteiger partial charge in [-0.2, -0.15) is 0 Å². The van der Waals surface area contributed by atoms with Crippen LogP contribution in [0.25, 0.3) is 0 Å². The van der Waals surface area contributed by atoms with Crippen LogP contribution < -0.4 is 11.1 Å². The van der Waals surface area contributed by atoms with Crippen LogP contribution in [0.2, 0.25) is 0 Å². The Labute approximate surface area is 156 Å². The third-order valence-corrected chi connectivity index (χ3v) is 4.93. The fourth-order valence-electron chi connectivity index (χ4n) is 3.43. The topological polar surface area (TPSA) is 124 Å². The molecule has 0 heterocycles. The molecule has 7 nitrogen and oxygen atoms in total. The summed E-state index contributed by atoms with van der Waals surface area (Å²) in [4.78, 5) is 25.1. The molecule has 0 spiro atoms.